The summed E-state index contributed by atoms with van der Waals surface area (Å²) in [5.74, 6) is 0. The quantitative estimate of drug-likeness (QED) is 0.176. The first-order chi connectivity index (χ1) is 15.1. The molecule has 0 amide bonds. The molecule has 3 heterocycles. The maximum absolute atomic E-state index is 10.6. The molecule has 32 heavy (non-hydrogen) atoms. The Labute approximate surface area is 183 Å². The van der Waals surface area contributed by atoms with Crippen molar-refractivity contribution in [2.45, 2.75) is 99.4 Å². The van der Waals surface area contributed by atoms with Crippen LogP contribution in [-0.4, -0.2) is 145 Å². The van der Waals surface area contributed by atoms with Gasteiger partial charge in [0.1, 0.15) is 54.9 Å². The summed E-state index contributed by atoms with van der Waals surface area (Å²) in [5.41, 5.74) is 0. The largest absolute Gasteiger partial charge is 0.394 e. The van der Waals surface area contributed by atoms with E-state index in [0.717, 1.165) is 0 Å². The maximum atomic E-state index is 10.6. The van der Waals surface area contributed by atoms with E-state index in [0.29, 0.717) is 0 Å². The van der Waals surface area contributed by atoms with Crippen LogP contribution < -0.4 is 0 Å². The van der Waals surface area contributed by atoms with Crippen molar-refractivity contribution >= 4 is 0 Å². The van der Waals surface area contributed by atoms with E-state index in [2.05, 4.69) is 0 Å². The van der Waals surface area contributed by atoms with Crippen LogP contribution in [0.2, 0.25) is 0 Å². The third kappa shape index (κ3) is 5.24. The summed E-state index contributed by atoms with van der Waals surface area (Å²) >= 11 is 0. The summed E-state index contributed by atoms with van der Waals surface area (Å²) in [7, 11) is 0. The van der Waals surface area contributed by atoms with E-state index < -0.39 is 99.2 Å². The monoisotopic (exact) mass is 472 g/mol. The van der Waals surface area contributed by atoms with Gasteiger partial charge in [0.15, 0.2) is 18.9 Å². The minimum Gasteiger partial charge on any atom is -0.394 e. The van der Waals surface area contributed by atoms with Crippen molar-refractivity contribution in [3.05, 3.63) is 0 Å². The second kappa shape index (κ2) is 10.8. The average molecular weight is 472 g/mol. The van der Waals surface area contributed by atoms with Crippen LogP contribution >= 0.6 is 0 Å². The molecular formula is C18H32O14. The van der Waals surface area contributed by atoms with Crippen LogP contribution in [0.1, 0.15) is 13.3 Å². The molecule has 14 nitrogen and oxygen atoms in total. The highest BCUT2D eigenvalue weighted by molar-refractivity contribution is 4.95. The first-order valence-corrected chi connectivity index (χ1v) is 10.3. The molecule has 0 aromatic carbocycles. The molecule has 9 N–H and O–H groups in total. The Hall–Kier alpha value is -0.560. The summed E-state index contributed by atoms with van der Waals surface area (Å²) in [5, 5.41) is 89.9. The summed E-state index contributed by atoms with van der Waals surface area (Å²) in [6, 6.07) is 0. The van der Waals surface area contributed by atoms with Gasteiger partial charge in [0.25, 0.3) is 0 Å². The lowest BCUT2D eigenvalue weighted by Gasteiger charge is -2.47. The normalized spacial score (nSPS) is 52.7. The van der Waals surface area contributed by atoms with Gasteiger partial charge < -0.3 is 69.6 Å². The third-order valence-corrected chi connectivity index (χ3v) is 5.94. The minimum absolute atomic E-state index is 0.0879. The van der Waals surface area contributed by atoms with E-state index in [-0.39, 0.29) is 6.42 Å². The Morgan fingerprint density at radius 1 is 0.656 bits per heavy atom. The van der Waals surface area contributed by atoms with Gasteiger partial charge in [0.2, 0.25) is 0 Å². The minimum atomic E-state index is -1.82. The number of hydrogen-bond acceptors (Lipinski definition) is 14. The molecule has 0 unspecified atom stereocenters. The van der Waals surface area contributed by atoms with Gasteiger partial charge in [0.05, 0.1) is 25.4 Å². The second-order valence-electron chi connectivity index (χ2n) is 8.22. The number of ether oxygens (including phenoxy) is 5. The van der Waals surface area contributed by atoms with Crippen LogP contribution in [0.4, 0.5) is 0 Å². The Kier molecular flexibility index (Phi) is 8.79. The molecule has 0 aromatic heterocycles. The fourth-order valence-corrected chi connectivity index (χ4v) is 3.91. The van der Waals surface area contributed by atoms with Gasteiger partial charge in [-0.15, -0.1) is 0 Å². The van der Waals surface area contributed by atoms with Crippen molar-refractivity contribution in [1.29, 1.82) is 0 Å². The van der Waals surface area contributed by atoms with Gasteiger partial charge in [-0.25, -0.2) is 0 Å². The van der Waals surface area contributed by atoms with Crippen LogP contribution in [0.25, 0.3) is 0 Å². The van der Waals surface area contributed by atoms with Gasteiger partial charge in [-0.1, -0.05) is 0 Å². The summed E-state index contributed by atoms with van der Waals surface area (Å²) in [6.07, 6.45) is -20.4. The fourth-order valence-electron chi connectivity index (χ4n) is 3.91. The Morgan fingerprint density at radius 2 is 1.25 bits per heavy atom. The van der Waals surface area contributed by atoms with E-state index in [1.54, 1.807) is 6.92 Å². The van der Waals surface area contributed by atoms with E-state index in [1.165, 1.54) is 0 Å². The molecule has 0 radical (unpaired) electrons. The van der Waals surface area contributed by atoms with Gasteiger partial charge in [-0.2, -0.15) is 0 Å². The Balaban J connectivity index is 1.79. The molecule has 0 spiro atoms. The Morgan fingerprint density at radius 3 is 1.88 bits per heavy atom. The van der Waals surface area contributed by atoms with E-state index in [9.17, 15) is 46.0 Å². The van der Waals surface area contributed by atoms with Crippen molar-refractivity contribution in [2.75, 3.05) is 13.2 Å². The molecule has 3 aliphatic rings. The highest BCUT2D eigenvalue weighted by Crippen LogP contribution is 2.32. The van der Waals surface area contributed by atoms with Gasteiger partial charge in [-0.3, -0.25) is 0 Å². The topological polar surface area (TPSA) is 228 Å². The molecular weight excluding hydrogens is 440 g/mol. The van der Waals surface area contributed by atoms with Crippen molar-refractivity contribution in [3.8, 4) is 0 Å². The SMILES string of the molecule is C[C@H]1O[C@H](O[C@H]2[C@H](O)[C@@H](CO)O[C@H](O)[C@H]2O[C@H]2O[C@H](CO)[C@H](O)[C@H](O)[C@@H]2O)[C@H](O)C[C@H]1O. The molecule has 3 aliphatic heterocycles. The molecule has 0 saturated carbocycles. The summed E-state index contributed by atoms with van der Waals surface area (Å²) in [4.78, 5) is 0. The zero-order valence-corrected chi connectivity index (χ0v) is 17.3. The lowest BCUT2D eigenvalue weighted by atomic mass is 9.96. The third-order valence-electron chi connectivity index (χ3n) is 5.94. The molecule has 3 fully saturated rings. The molecule has 0 bridgehead atoms. The molecule has 14 atom stereocenters. The van der Waals surface area contributed by atoms with E-state index in [1.807, 2.05) is 0 Å². The van der Waals surface area contributed by atoms with Crippen LogP contribution in [0.15, 0.2) is 0 Å². The predicted octanol–water partition coefficient (Wildman–Crippen LogP) is -5.52. The van der Waals surface area contributed by atoms with E-state index in [4.69, 9.17) is 23.7 Å². The van der Waals surface area contributed by atoms with E-state index >= 15 is 0 Å². The smallest absolute Gasteiger partial charge is 0.187 e. The summed E-state index contributed by atoms with van der Waals surface area (Å²) in [6.45, 7) is 0.126. The number of aliphatic hydroxyl groups is 9. The lowest BCUT2D eigenvalue weighted by Crippen LogP contribution is -2.65. The fraction of sp³-hybridized carbons (Fsp3) is 1.00. The number of hydrogen-bond donors (Lipinski definition) is 9. The average Bonchev–Trinajstić information content (AvgIpc) is 2.76. The predicted molar refractivity (Wildman–Crippen MR) is 98.5 cm³/mol. The van der Waals surface area contributed by atoms with Crippen LogP contribution in [0, 0.1) is 0 Å². The second-order valence-corrected chi connectivity index (χ2v) is 8.22. The molecule has 3 saturated heterocycles. The first-order valence-electron chi connectivity index (χ1n) is 10.3. The molecule has 14 heteroatoms. The zero-order chi connectivity index (χ0) is 23.7. The van der Waals surface area contributed by atoms with Gasteiger partial charge >= 0.3 is 0 Å². The van der Waals surface area contributed by atoms with Crippen molar-refractivity contribution in [3.63, 3.8) is 0 Å². The number of rotatable bonds is 6. The molecule has 0 aliphatic carbocycles. The highest BCUT2D eigenvalue weighted by atomic mass is 16.8. The molecule has 188 valence electrons. The van der Waals surface area contributed by atoms with Crippen molar-refractivity contribution < 1.29 is 69.6 Å². The summed E-state index contributed by atoms with van der Waals surface area (Å²) < 4.78 is 27.0. The zero-order valence-electron chi connectivity index (χ0n) is 17.3. The highest BCUT2D eigenvalue weighted by Gasteiger charge is 2.52. The van der Waals surface area contributed by atoms with Crippen molar-refractivity contribution in [2.24, 2.45) is 0 Å². The maximum Gasteiger partial charge on any atom is 0.187 e. The molecule has 0 aromatic rings. The number of aliphatic hydroxyl groups excluding tert-OH is 9. The first kappa shape index (κ1) is 26.1. The van der Waals surface area contributed by atoms with Crippen LogP contribution in [0.3, 0.4) is 0 Å². The lowest BCUT2D eigenvalue weighted by molar-refractivity contribution is -0.382. The van der Waals surface area contributed by atoms with Crippen LogP contribution in [0.5, 0.6) is 0 Å². The van der Waals surface area contributed by atoms with Crippen LogP contribution in [-0.2, 0) is 23.7 Å². The van der Waals surface area contributed by atoms with Gasteiger partial charge in [0, 0.05) is 6.42 Å². The molecule has 3 rings (SSSR count). The Bertz CT molecular complexity index is 594. The van der Waals surface area contributed by atoms with Gasteiger partial charge in [-0.05, 0) is 6.92 Å². The van der Waals surface area contributed by atoms with Crippen molar-refractivity contribution in [1.82, 2.24) is 0 Å². The standard InChI is InChI=1S/C18H32O14/c1-5-6(21)2-7(22)17(28-5)31-14-11(24)9(4-20)29-16(27)15(14)32-18-13(26)12(25)10(23)8(3-19)30-18/h5-27H,2-4H2,1H3/t5-,6-,7-,8-,9-,10+,11-,12+,13+,14+,15+,16+,17-,18-/m1/s1.